The second kappa shape index (κ2) is 7.65. The van der Waals surface area contributed by atoms with Crippen LogP contribution in [0, 0.1) is 5.92 Å². The molecule has 1 N–H and O–H groups in total. The van der Waals surface area contributed by atoms with E-state index in [1.807, 2.05) is 4.90 Å². The van der Waals surface area contributed by atoms with Gasteiger partial charge in [-0.2, -0.15) is 4.31 Å². The molecule has 1 amide bonds. The molecule has 2 heterocycles. The van der Waals surface area contributed by atoms with Gasteiger partial charge in [0, 0.05) is 32.6 Å². The maximum atomic E-state index is 12.5. The Kier molecular flexibility index (Phi) is 5.55. The molecule has 0 aromatic carbocycles. The van der Waals surface area contributed by atoms with Crippen LogP contribution in [0.2, 0.25) is 0 Å². The van der Waals surface area contributed by atoms with E-state index in [9.17, 15) is 13.2 Å². The molecule has 1 saturated heterocycles. The van der Waals surface area contributed by atoms with Crippen LogP contribution in [0.3, 0.4) is 0 Å². The summed E-state index contributed by atoms with van der Waals surface area (Å²) in [5.41, 5.74) is 0. The monoisotopic (exact) mass is 354 g/mol. The van der Waals surface area contributed by atoms with Crippen molar-refractivity contribution in [3.8, 4) is 0 Å². The normalized spacial score (nSPS) is 21.1. The van der Waals surface area contributed by atoms with Crippen LogP contribution in [-0.2, 0) is 14.8 Å². The SMILES string of the molecule is O=C(CCC1CCCC1)N1CCCN(S(=O)(=O)c2cnc[nH]2)CC1. The van der Waals surface area contributed by atoms with Crippen molar-refractivity contribution in [1.29, 1.82) is 0 Å². The lowest BCUT2D eigenvalue weighted by Gasteiger charge is -2.22. The van der Waals surface area contributed by atoms with Crippen LogP contribution in [-0.4, -0.2) is 59.7 Å². The standard InChI is InChI=1S/C16H26N4O3S/c21-16(7-6-14-4-1-2-5-14)19-8-3-9-20(11-10-19)24(22,23)15-12-17-13-18-15/h12-14H,1-11H2,(H,17,18). The van der Waals surface area contributed by atoms with E-state index >= 15 is 0 Å². The highest BCUT2D eigenvalue weighted by atomic mass is 32.2. The molecule has 134 valence electrons. The van der Waals surface area contributed by atoms with Gasteiger partial charge < -0.3 is 9.88 Å². The molecule has 2 fully saturated rings. The van der Waals surface area contributed by atoms with Crippen molar-refractivity contribution in [3.63, 3.8) is 0 Å². The smallest absolute Gasteiger partial charge is 0.260 e. The zero-order valence-corrected chi connectivity index (χ0v) is 14.8. The minimum atomic E-state index is -3.54. The zero-order chi connectivity index (χ0) is 17.0. The number of hydrogen-bond donors (Lipinski definition) is 1. The third kappa shape index (κ3) is 3.97. The minimum absolute atomic E-state index is 0.114. The quantitative estimate of drug-likeness (QED) is 0.870. The number of sulfonamides is 1. The van der Waals surface area contributed by atoms with Gasteiger partial charge in [-0.1, -0.05) is 25.7 Å². The molecule has 24 heavy (non-hydrogen) atoms. The molecular formula is C16H26N4O3S. The molecule has 0 unspecified atom stereocenters. The van der Waals surface area contributed by atoms with Gasteiger partial charge in [-0.25, -0.2) is 13.4 Å². The fraction of sp³-hybridized carbons (Fsp3) is 0.750. The van der Waals surface area contributed by atoms with Gasteiger partial charge in [-0.3, -0.25) is 4.79 Å². The van der Waals surface area contributed by atoms with Gasteiger partial charge in [0.2, 0.25) is 5.91 Å². The largest absolute Gasteiger partial charge is 0.341 e. The zero-order valence-electron chi connectivity index (χ0n) is 14.0. The summed E-state index contributed by atoms with van der Waals surface area (Å²) in [4.78, 5) is 20.7. The topological polar surface area (TPSA) is 86.4 Å². The molecule has 7 nitrogen and oxygen atoms in total. The maximum absolute atomic E-state index is 12.5. The van der Waals surface area contributed by atoms with Crippen molar-refractivity contribution in [3.05, 3.63) is 12.5 Å². The lowest BCUT2D eigenvalue weighted by Crippen LogP contribution is -2.37. The van der Waals surface area contributed by atoms with Gasteiger partial charge in [-0.05, 0) is 18.8 Å². The Labute approximate surface area is 143 Å². The Morgan fingerprint density at radius 2 is 1.96 bits per heavy atom. The molecule has 3 rings (SSSR count). The first kappa shape index (κ1) is 17.4. The summed E-state index contributed by atoms with van der Waals surface area (Å²) in [7, 11) is -3.54. The molecule has 0 spiro atoms. The van der Waals surface area contributed by atoms with E-state index in [0.717, 1.165) is 6.42 Å². The number of nitrogens with zero attached hydrogens (tertiary/aromatic N) is 3. The Hall–Kier alpha value is -1.41. The van der Waals surface area contributed by atoms with Crippen LogP contribution in [0.4, 0.5) is 0 Å². The average Bonchev–Trinajstić information content (AvgIpc) is 3.22. The van der Waals surface area contributed by atoms with Crippen molar-refractivity contribution < 1.29 is 13.2 Å². The van der Waals surface area contributed by atoms with E-state index in [0.29, 0.717) is 44.9 Å². The molecule has 1 saturated carbocycles. The summed E-state index contributed by atoms with van der Waals surface area (Å²) >= 11 is 0. The Morgan fingerprint density at radius 1 is 1.17 bits per heavy atom. The van der Waals surface area contributed by atoms with E-state index in [1.165, 1.54) is 42.5 Å². The highest BCUT2D eigenvalue weighted by molar-refractivity contribution is 7.89. The van der Waals surface area contributed by atoms with Crippen LogP contribution in [0.1, 0.15) is 44.9 Å². The van der Waals surface area contributed by atoms with Gasteiger partial charge >= 0.3 is 0 Å². The van der Waals surface area contributed by atoms with Crippen LogP contribution in [0.5, 0.6) is 0 Å². The molecule has 0 bridgehead atoms. The molecule has 2 aliphatic rings. The first-order valence-electron chi connectivity index (χ1n) is 8.83. The summed E-state index contributed by atoms with van der Waals surface area (Å²) in [6.45, 7) is 1.89. The fourth-order valence-electron chi connectivity index (χ4n) is 3.69. The number of carbonyl (C=O) groups is 1. The maximum Gasteiger partial charge on any atom is 0.260 e. The third-order valence-electron chi connectivity index (χ3n) is 5.14. The summed E-state index contributed by atoms with van der Waals surface area (Å²) in [5, 5.41) is 0.114. The number of rotatable bonds is 5. The van der Waals surface area contributed by atoms with Gasteiger partial charge in [0.15, 0.2) is 5.03 Å². The minimum Gasteiger partial charge on any atom is -0.341 e. The lowest BCUT2D eigenvalue weighted by molar-refractivity contribution is -0.131. The summed E-state index contributed by atoms with van der Waals surface area (Å²) < 4.78 is 26.5. The fourth-order valence-corrected chi connectivity index (χ4v) is 5.06. The predicted octanol–water partition coefficient (Wildman–Crippen LogP) is 1.60. The van der Waals surface area contributed by atoms with Crippen LogP contribution >= 0.6 is 0 Å². The van der Waals surface area contributed by atoms with Crippen LogP contribution in [0.25, 0.3) is 0 Å². The number of amides is 1. The molecule has 1 aliphatic carbocycles. The van der Waals surface area contributed by atoms with E-state index in [1.54, 1.807) is 0 Å². The lowest BCUT2D eigenvalue weighted by atomic mass is 10.0. The average molecular weight is 354 g/mol. The van der Waals surface area contributed by atoms with Crippen molar-refractivity contribution in [2.45, 2.75) is 50.0 Å². The molecule has 1 aromatic rings. The Morgan fingerprint density at radius 3 is 2.67 bits per heavy atom. The molecule has 1 aliphatic heterocycles. The predicted molar refractivity (Wildman–Crippen MR) is 89.7 cm³/mol. The summed E-state index contributed by atoms with van der Waals surface area (Å²) in [5.74, 6) is 0.876. The first-order chi connectivity index (χ1) is 11.6. The Balaban J connectivity index is 1.53. The number of aromatic amines is 1. The van der Waals surface area contributed by atoms with Crippen LogP contribution < -0.4 is 0 Å². The number of aromatic nitrogens is 2. The van der Waals surface area contributed by atoms with Gasteiger partial charge in [0.05, 0.1) is 12.5 Å². The number of carbonyl (C=O) groups excluding carboxylic acids is 1. The third-order valence-corrected chi connectivity index (χ3v) is 6.96. The van der Waals surface area contributed by atoms with Gasteiger partial charge in [0.1, 0.15) is 0 Å². The van der Waals surface area contributed by atoms with Crippen LogP contribution in [0.15, 0.2) is 17.6 Å². The molecule has 0 radical (unpaired) electrons. The Bertz CT molecular complexity index is 638. The first-order valence-corrected chi connectivity index (χ1v) is 10.3. The number of hydrogen-bond acceptors (Lipinski definition) is 4. The highest BCUT2D eigenvalue weighted by Crippen LogP contribution is 2.28. The number of H-pyrrole nitrogens is 1. The van der Waals surface area contributed by atoms with Gasteiger partial charge in [-0.15, -0.1) is 0 Å². The van der Waals surface area contributed by atoms with E-state index in [2.05, 4.69) is 9.97 Å². The van der Waals surface area contributed by atoms with Crippen molar-refractivity contribution in [2.24, 2.45) is 5.92 Å². The summed E-state index contributed by atoms with van der Waals surface area (Å²) in [6.07, 6.45) is 10.0. The molecule has 8 heteroatoms. The molecule has 0 atom stereocenters. The molecule has 1 aromatic heterocycles. The van der Waals surface area contributed by atoms with Crippen molar-refractivity contribution in [1.82, 2.24) is 19.2 Å². The van der Waals surface area contributed by atoms with Crippen molar-refractivity contribution in [2.75, 3.05) is 26.2 Å². The van der Waals surface area contributed by atoms with Gasteiger partial charge in [0.25, 0.3) is 10.0 Å². The van der Waals surface area contributed by atoms with E-state index < -0.39 is 10.0 Å². The van der Waals surface area contributed by atoms with E-state index in [-0.39, 0.29) is 10.9 Å². The second-order valence-corrected chi connectivity index (χ2v) is 8.65. The highest BCUT2D eigenvalue weighted by Gasteiger charge is 2.29. The number of imidazole rings is 1. The summed E-state index contributed by atoms with van der Waals surface area (Å²) in [6, 6.07) is 0. The number of nitrogens with one attached hydrogen (secondary N) is 1. The molecular weight excluding hydrogens is 328 g/mol. The van der Waals surface area contributed by atoms with Crippen molar-refractivity contribution >= 4 is 15.9 Å². The second-order valence-electron chi connectivity index (χ2n) is 6.74. The van der Waals surface area contributed by atoms with E-state index in [4.69, 9.17) is 0 Å².